The van der Waals surface area contributed by atoms with E-state index in [0.717, 1.165) is 88.0 Å². The van der Waals surface area contributed by atoms with Crippen LogP contribution in [0, 0.1) is 23.2 Å². The van der Waals surface area contributed by atoms with Crippen LogP contribution in [-0.4, -0.2) is 117 Å². The molecule has 15 heteroatoms. The summed E-state index contributed by atoms with van der Waals surface area (Å²) < 4.78 is 18.8. The third kappa shape index (κ3) is 19.9. The van der Waals surface area contributed by atoms with E-state index in [1.165, 1.54) is 70.9 Å². The standard InChI is InChI=1S/C38H50N4O4.C7H14N2O2.C7H8O2.C5H11N/c1-7-42-35-19-18-31(30-16-12-15-29(22-30)14-10-8-9-11-21-40-41-26-43)23-33(35)34(24-38(4,5)25-46-28(3)44)37(42)32-17-13-20-39-36(32)27(2)45-6;1-5(2)6(7(8)11)9(3)4-10;8-5-1-3-7-4-2-6-9-7;1-6-4-2-3-5-6/h12-13,15-20,22-23,26-27,40H,7-11,14,21,24-25H2,1-6H3,(H,41,43);4-6H,1-3H3,(H2,8,11);5,7H,2,4,6H2;2-5H2,1H3. The van der Waals surface area contributed by atoms with Gasteiger partial charge in [-0.1, -0.05) is 76.8 Å². The number of nitrogens with zero attached hydrogens (tertiary/aromatic N) is 4. The third-order valence-corrected chi connectivity index (χ3v) is 12.7. The number of esters is 1. The van der Waals surface area contributed by atoms with Crippen molar-refractivity contribution in [3.8, 4) is 34.2 Å². The molecule has 15 nitrogen and oxygen atoms in total. The van der Waals surface area contributed by atoms with Crippen LogP contribution in [0.3, 0.4) is 0 Å². The van der Waals surface area contributed by atoms with Crippen molar-refractivity contribution in [3.05, 3.63) is 77.6 Å². The lowest BCUT2D eigenvalue weighted by Crippen LogP contribution is -2.45. The van der Waals surface area contributed by atoms with Crippen molar-refractivity contribution in [2.45, 2.75) is 137 Å². The summed E-state index contributed by atoms with van der Waals surface area (Å²) in [6.45, 7) is 19.0. The Morgan fingerprint density at radius 3 is 2.29 bits per heavy atom. The van der Waals surface area contributed by atoms with Crippen molar-refractivity contribution >= 4 is 41.9 Å². The summed E-state index contributed by atoms with van der Waals surface area (Å²) in [6.07, 6.45) is 14.6. The lowest BCUT2D eigenvalue weighted by atomic mass is 9.84. The average Bonchev–Trinajstić information content (AvgIpc) is 4.15. The Morgan fingerprint density at radius 1 is 1.00 bits per heavy atom. The predicted molar refractivity (Wildman–Crippen MR) is 286 cm³/mol. The molecule has 2 saturated heterocycles. The summed E-state index contributed by atoms with van der Waals surface area (Å²) in [5, 5.41) is 1.20. The summed E-state index contributed by atoms with van der Waals surface area (Å²) in [6, 6.07) is 19.3. The average molecular weight is 994 g/mol. The van der Waals surface area contributed by atoms with Crippen LogP contribution in [0.1, 0.15) is 123 Å². The Kier molecular flexibility index (Phi) is 27.0. The molecule has 0 radical (unpaired) electrons. The van der Waals surface area contributed by atoms with Gasteiger partial charge in [-0.05, 0) is 144 Å². The number of carbonyl (C=O) groups excluding carboxylic acids is 5. The fraction of sp³-hybridized carbons (Fsp3) is 0.544. The summed E-state index contributed by atoms with van der Waals surface area (Å²) in [5.74, 6) is 4.36. The number of hydrazine groups is 1. The summed E-state index contributed by atoms with van der Waals surface area (Å²) in [4.78, 5) is 61.3. The Hall–Kier alpha value is -5.92. The van der Waals surface area contributed by atoms with Gasteiger partial charge in [-0.2, -0.15) is 0 Å². The van der Waals surface area contributed by atoms with Gasteiger partial charge in [0.1, 0.15) is 12.1 Å². The highest BCUT2D eigenvalue weighted by Gasteiger charge is 2.29. The van der Waals surface area contributed by atoms with Gasteiger partial charge in [0.25, 0.3) is 0 Å². The number of nitrogens with one attached hydrogen (secondary N) is 2. The summed E-state index contributed by atoms with van der Waals surface area (Å²) in [7, 11) is 5.44. The van der Waals surface area contributed by atoms with E-state index in [1.807, 2.05) is 33.0 Å². The molecule has 0 spiro atoms. The Bertz CT molecular complexity index is 2360. The highest BCUT2D eigenvalue weighted by atomic mass is 16.5. The summed E-state index contributed by atoms with van der Waals surface area (Å²) in [5.41, 5.74) is 19.4. The van der Waals surface area contributed by atoms with Crippen LogP contribution < -0.4 is 16.6 Å². The molecule has 3 unspecified atom stereocenters. The number of ether oxygens (including phenoxy) is 3. The Labute approximate surface area is 429 Å². The van der Waals surface area contributed by atoms with Crippen molar-refractivity contribution in [1.29, 1.82) is 0 Å². The molecule has 6 rings (SSSR count). The SMILES string of the molecule is CC(C)C(C(N)=O)N(C)C=O.CCn1c(-c2cccnc2C(C)OC)c(CC(C)(C)COC(C)=O)c2cc(-c3cccc(CCCCCCNNC=O)c3)ccc21.CN1CCCC1.O=CC#CC1CCCO1. The number of aromatic nitrogens is 2. The molecule has 72 heavy (non-hydrogen) atoms. The number of primary amides is 1. The second kappa shape index (κ2) is 32.2. The van der Waals surface area contributed by atoms with Crippen LogP contribution in [0.5, 0.6) is 0 Å². The second-order valence-electron chi connectivity index (χ2n) is 19.6. The highest BCUT2D eigenvalue weighted by Crippen LogP contribution is 2.42. The molecule has 0 saturated carbocycles. The largest absolute Gasteiger partial charge is 0.465 e. The van der Waals surface area contributed by atoms with Crippen molar-refractivity contribution < 1.29 is 38.2 Å². The number of hydrogen-bond donors (Lipinski definition) is 3. The maximum atomic E-state index is 11.8. The number of benzene rings is 2. The van der Waals surface area contributed by atoms with E-state index in [4.69, 9.17) is 24.9 Å². The lowest BCUT2D eigenvalue weighted by molar-refractivity contribution is -0.144. The zero-order valence-corrected chi connectivity index (χ0v) is 44.8. The van der Waals surface area contributed by atoms with Gasteiger partial charge < -0.3 is 34.3 Å². The van der Waals surface area contributed by atoms with Gasteiger partial charge in [-0.3, -0.25) is 34.4 Å². The van der Waals surface area contributed by atoms with Crippen LogP contribution in [-0.2, 0) is 57.6 Å². The Morgan fingerprint density at radius 2 is 1.72 bits per heavy atom. The molecule has 4 heterocycles. The van der Waals surface area contributed by atoms with Gasteiger partial charge in [0.2, 0.25) is 18.7 Å². The molecule has 4 aromatic rings. The lowest BCUT2D eigenvalue weighted by Gasteiger charge is -2.25. The monoisotopic (exact) mass is 994 g/mol. The van der Waals surface area contributed by atoms with Gasteiger partial charge in [0, 0.05) is 68.9 Å². The van der Waals surface area contributed by atoms with Gasteiger partial charge in [0.15, 0.2) is 6.29 Å². The number of unbranched alkanes of at least 4 members (excludes halogenated alkanes) is 3. The normalized spacial score (nSPS) is 15.0. The maximum absolute atomic E-state index is 11.8. The highest BCUT2D eigenvalue weighted by molar-refractivity contribution is 5.95. The number of rotatable bonds is 22. The first-order valence-electron chi connectivity index (χ1n) is 25.5. The molecule has 3 amide bonds. The third-order valence-electron chi connectivity index (χ3n) is 12.7. The molecule has 4 N–H and O–H groups in total. The zero-order chi connectivity index (χ0) is 53.1. The van der Waals surface area contributed by atoms with Gasteiger partial charge in [0.05, 0.1) is 24.1 Å². The maximum Gasteiger partial charge on any atom is 0.302 e. The van der Waals surface area contributed by atoms with Crippen molar-refractivity contribution in [1.82, 2.24) is 30.2 Å². The minimum absolute atomic E-state index is 0.0233. The Balaban J connectivity index is 0.000000422. The number of methoxy groups -OCH3 is 1. The van der Waals surface area contributed by atoms with Crippen LogP contribution in [0.15, 0.2) is 60.8 Å². The van der Waals surface area contributed by atoms with Crippen LogP contribution in [0.25, 0.3) is 33.3 Å². The van der Waals surface area contributed by atoms with Gasteiger partial charge in [-0.15, -0.1) is 0 Å². The van der Waals surface area contributed by atoms with E-state index < -0.39 is 11.9 Å². The van der Waals surface area contributed by atoms with E-state index in [9.17, 15) is 24.0 Å². The van der Waals surface area contributed by atoms with E-state index in [0.29, 0.717) is 25.7 Å². The predicted octanol–water partition coefficient (Wildman–Crippen LogP) is 8.25. The van der Waals surface area contributed by atoms with E-state index in [1.54, 1.807) is 14.2 Å². The van der Waals surface area contributed by atoms with Crippen LogP contribution in [0.4, 0.5) is 0 Å². The van der Waals surface area contributed by atoms with Crippen LogP contribution >= 0.6 is 0 Å². The number of carbonyl (C=O) groups is 5. The number of amides is 3. The van der Waals surface area contributed by atoms with Crippen molar-refractivity contribution in [2.24, 2.45) is 17.1 Å². The first-order valence-corrected chi connectivity index (χ1v) is 25.5. The molecular weight excluding hydrogens is 911 g/mol. The molecule has 2 aliphatic heterocycles. The molecule has 0 bridgehead atoms. The molecule has 3 atom stereocenters. The minimum Gasteiger partial charge on any atom is -0.465 e. The fourth-order valence-electron chi connectivity index (χ4n) is 8.97. The zero-order valence-electron chi connectivity index (χ0n) is 44.8. The number of likely N-dealkylation sites (tertiary alicyclic amines) is 1. The number of pyridine rings is 1. The quantitative estimate of drug-likeness (QED) is 0.0226. The van der Waals surface area contributed by atoms with Crippen molar-refractivity contribution in [3.63, 3.8) is 0 Å². The van der Waals surface area contributed by atoms with Crippen LogP contribution in [0.2, 0.25) is 0 Å². The number of aryl methyl sites for hydroxylation is 2. The first kappa shape index (κ1) is 60.4. The summed E-state index contributed by atoms with van der Waals surface area (Å²) >= 11 is 0. The van der Waals surface area contributed by atoms with E-state index in [2.05, 4.69) is 109 Å². The minimum atomic E-state index is -0.493. The molecule has 0 aliphatic carbocycles. The van der Waals surface area contributed by atoms with Gasteiger partial charge >= 0.3 is 5.97 Å². The van der Waals surface area contributed by atoms with Gasteiger partial charge in [-0.25, -0.2) is 5.43 Å². The van der Waals surface area contributed by atoms with Crippen molar-refractivity contribution in [2.75, 3.05) is 54.1 Å². The number of fused-ring (bicyclic) bond motifs is 1. The number of nitrogens with two attached hydrogens (primary N) is 1. The molecule has 2 aromatic heterocycles. The molecule has 394 valence electrons. The number of hydrogen-bond acceptors (Lipinski definition) is 11. The van der Waals surface area contributed by atoms with E-state index in [-0.39, 0.29) is 29.5 Å². The van der Waals surface area contributed by atoms with E-state index >= 15 is 0 Å². The molecule has 2 fully saturated rings. The molecular formula is C57H83N7O8. The number of aldehydes is 1. The molecule has 2 aliphatic rings. The first-order chi connectivity index (χ1) is 34.5. The fourth-order valence-corrected chi connectivity index (χ4v) is 8.97. The second-order valence-corrected chi connectivity index (χ2v) is 19.6. The molecule has 2 aromatic carbocycles. The number of likely N-dealkylation sites (N-methyl/N-ethyl adjacent to an activating group) is 1. The topological polar surface area (TPSA) is 187 Å². The smallest absolute Gasteiger partial charge is 0.302 e.